The number of nitrogens with one attached hydrogen (secondary N) is 2. The molecular weight excluding hydrogens is 352 g/mol. The quantitative estimate of drug-likeness (QED) is 0.474. The molecule has 0 aliphatic carbocycles. The van der Waals surface area contributed by atoms with Crippen LogP contribution in [0.25, 0.3) is 0 Å². The van der Waals surface area contributed by atoms with E-state index in [1.54, 1.807) is 0 Å². The molecule has 0 fully saturated rings. The average molecular weight is 382 g/mol. The zero-order valence-electron chi connectivity index (χ0n) is 16.1. The number of aliphatic hydroxyl groups is 1. The van der Waals surface area contributed by atoms with Crippen LogP contribution in [0.15, 0.2) is 30.3 Å². The van der Waals surface area contributed by atoms with E-state index in [2.05, 4.69) is 10.6 Å². The van der Waals surface area contributed by atoms with Crippen molar-refractivity contribution in [3.05, 3.63) is 35.9 Å². The third-order valence-corrected chi connectivity index (χ3v) is 3.64. The van der Waals surface area contributed by atoms with Gasteiger partial charge in [-0.1, -0.05) is 30.3 Å². The van der Waals surface area contributed by atoms with Crippen LogP contribution in [0.3, 0.4) is 0 Å². The van der Waals surface area contributed by atoms with Gasteiger partial charge in [-0.15, -0.1) is 0 Å². The van der Waals surface area contributed by atoms with Crippen LogP contribution in [0.2, 0.25) is 0 Å². The van der Waals surface area contributed by atoms with Crippen LogP contribution in [-0.2, 0) is 25.6 Å². The van der Waals surface area contributed by atoms with Crippen LogP contribution in [0.1, 0.15) is 32.8 Å². The molecule has 2 amide bonds. The summed E-state index contributed by atoms with van der Waals surface area (Å²) >= 11 is 0. The van der Waals surface area contributed by atoms with Crippen LogP contribution in [0.4, 0.5) is 4.79 Å². The maximum atomic E-state index is 12.3. The summed E-state index contributed by atoms with van der Waals surface area (Å²) in [6, 6.07) is 8.05. The van der Waals surface area contributed by atoms with Crippen molar-refractivity contribution < 1.29 is 28.9 Å². The Morgan fingerprint density at radius 3 is 2.30 bits per heavy atom. The predicted molar refractivity (Wildman–Crippen MR) is 99.9 cm³/mol. The minimum atomic E-state index is -1.12. The lowest BCUT2D eigenvalue weighted by Crippen LogP contribution is -2.52. The number of hydrogen-bond donors (Lipinski definition) is 3. The molecule has 152 valence electrons. The van der Waals surface area contributed by atoms with Gasteiger partial charge in [-0.3, -0.25) is 4.79 Å². The Bertz CT molecular complexity index is 546. The number of ether oxygens (including phenoxy) is 3. The van der Waals surface area contributed by atoms with E-state index >= 15 is 0 Å². The fraction of sp³-hybridized carbons (Fsp3) is 0.579. The molecule has 0 saturated heterocycles. The molecule has 0 aliphatic heterocycles. The van der Waals surface area contributed by atoms with Crippen molar-refractivity contribution in [2.24, 2.45) is 0 Å². The molecule has 0 heterocycles. The van der Waals surface area contributed by atoms with E-state index in [4.69, 9.17) is 14.2 Å². The normalized spacial score (nSPS) is 13.1. The molecule has 1 aromatic carbocycles. The first-order chi connectivity index (χ1) is 13.0. The van der Waals surface area contributed by atoms with Gasteiger partial charge >= 0.3 is 6.09 Å². The monoisotopic (exact) mass is 382 g/mol. The van der Waals surface area contributed by atoms with Gasteiger partial charge in [0.2, 0.25) is 5.91 Å². The maximum Gasteiger partial charge on any atom is 0.408 e. The molecule has 27 heavy (non-hydrogen) atoms. The van der Waals surface area contributed by atoms with E-state index in [9.17, 15) is 14.7 Å². The van der Waals surface area contributed by atoms with Gasteiger partial charge in [0.25, 0.3) is 0 Å². The number of amides is 2. The molecule has 1 aromatic rings. The fourth-order valence-electron chi connectivity index (χ4n) is 2.31. The zero-order chi connectivity index (χ0) is 20.1. The molecule has 0 saturated carbocycles. The lowest BCUT2D eigenvalue weighted by Gasteiger charge is -2.22. The third kappa shape index (κ3) is 9.37. The highest BCUT2D eigenvalue weighted by Gasteiger charge is 2.26. The second kappa shape index (κ2) is 13.1. The minimum Gasteiger partial charge on any atom is -0.445 e. The summed E-state index contributed by atoms with van der Waals surface area (Å²) < 4.78 is 15.9. The highest BCUT2D eigenvalue weighted by atomic mass is 16.7. The second-order valence-corrected chi connectivity index (χ2v) is 5.84. The third-order valence-electron chi connectivity index (χ3n) is 3.64. The molecule has 8 heteroatoms. The molecule has 0 bridgehead atoms. The van der Waals surface area contributed by atoms with Gasteiger partial charge in [0.1, 0.15) is 12.6 Å². The molecule has 0 radical (unpaired) electrons. The zero-order valence-corrected chi connectivity index (χ0v) is 16.1. The molecule has 2 unspecified atom stereocenters. The molecule has 0 spiro atoms. The Labute approximate surface area is 160 Å². The molecule has 8 nitrogen and oxygen atoms in total. The standard InChI is InChI=1S/C19H30N2O6/c1-4-25-16(26-5-2)11-12-20-18(23)17(14(3)22)21-19(24)27-13-15-9-7-6-8-10-15/h6-10,14,16-17,22H,4-5,11-13H2,1-3H3,(H,20,23)(H,21,24). The van der Waals surface area contributed by atoms with Crippen molar-refractivity contribution in [3.63, 3.8) is 0 Å². The van der Waals surface area contributed by atoms with Gasteiger partial charge in [-0.25, -0.2) is 4.79 Å². The predicted octanol–water partition coefficient (Wildman–Crippen LogP) is 1.57. The van der Waals surface area contributed by atoms with Crippen molar-refractivity contribution >= 4 is 12.0 Å². The van der Waals surface area contributed by atoms with Crippen LogP contribution >= 0.6 is 0 Å². The van der Waals surface area contributed by atoms with E-state index in [-0.39, 0.29) is 13.2 Å². The van der Waals surface area contributed by atoms with Crippen LogP contribution in [-0.4, -0.2) is 55.3 Å². The van der Waals surface area contributed by atoms with Gasteiger partial charge in [-0.05, 0) is 26.3 Å². The van der Waals surface area contributed by atoms with Crippen LogP contribution < -0.4 is 10.6 Å². The van der Waals surface area contributed by atoms with Crippen LogP contribution in [0, 0.1) is 0 Å². The number of carbonyl (C=O) groups excluding carboxylic acids is 2. The van der Waals surface area contributed by atoms with Crippen molar-refractivity contribution in [2.45, 2.75) is 52.2 Å². The molecular formula is C19H30N2O6. The van der Waals surface area contributed by atoms with E-state index in [1.165, 1.54) is 6.92 Å². The molecule has 0 aromatic heterocycles. The van der Waals surface area contributed by atoms with E-state index < -0.39 is 30.4 Å². The lowest BCUT2D eigenvalue weighted by molar-refractivity contribution is -0.140. The summed E-state index contributed by atoms with van der Waals surface area (Å²) in [6.07, 6.45) is -1.81. The maximum absolute atomic E-state index is 12.3. The van der Waals surface area contributed by atoms with Gasteiger partial charge < -0.3 is 30.0 Å². The van der Waals surface area contributed by atoms with E-state index in [0.29, 0.717) is 19.6 Å². The first-order valence-electron chi connectivity index (χ1n) is 9.14. The van der Waals surface area contributed by atoms with Crippen molar-refractivity contribution in [1.82, 2.24) is 10.6 Å². The molecule has 2 atom stereocenters. The van der Waals surface area contributed by atoms with Crippen molar-refractivity contribution in [1.29, 1.82) is 0 Å². The molecule has 3 N–H and O–H groups in total. The largest absolute Gasteiger partial charge is 0.445 e. The second-order valence-electron chi connectivity index (χ2n) is 5.84. The van der Waals surface area contributed by atoms with Crippen molar-refractivity contribution in [2.75, 3.05) is 19.8 Å². The van der Waals surface area contributed by atoms with Crippen molar-refractivity contribution in [3.8, 4) is 0 Å². The minimum absolute atomic E-state index is 0.0746. The lowest BCUT2D eigenvalue weighted by atomic mass is 10.1. The number of rotatable bonds is 12. The number of aliphatic hydroxyl groups excluding tert-OH is 1. The SMILES string of the molecule is CCOC(CCNC(=O)C(NC(=O)OCc1ccccc1)C(C)O)OCC. The van der Waals surface area contributed by atoms with E-state index in [1.807, 2.05) is 44.2 Å². The highest BCUT2D eigenvalue weighted by Crippen LogP contribution is 2.03. The summed E-state index contributed by atoms with van der Waals surface area (Å²) in [7, 11) is 0. The number of alkyl carbamates (subject to hydrolysis) is 1. The smallest absolute Gasteiger partial charge is 0.408 e. The number of hydrogen-bond acceptors (Lipinski definition) is 6. The van der Waals surface area contributed by atoms with Gasteiger partial charge in [0.15, 0.2) is 6.29 Å². The summed E-state index contributed by atoms with van der Waals surface area (Å²) in [5.41, 5.74) is 0.823. The molecule has 0 aliphatic rings. The highest BCUT2D eigenvalue weighted by molar-refractivity contribution is 5.86. The Morgan fingerprint density at radius 2 is 1.74 bits per heavy atom. The fourth-order valence-corrected chi connectivity index (χ4v) is 2.31. The first-order valence-corrected chi connectivity index (χ1v) is 9.14. The summed E-state index contributed by atoms with van der Waals surface area (Å²) in [6.45, 7) is 6.51. The number of carbonyl (C=O) groups is 2. The van der Waals surface area contributed by atoms with Gasteiger partial charge in [0, 0.05) is 26.2 Å². The van der Waals surface area contributed by atoms with Gasteiger partial charge in [0.05, 0.1) is 6.10 Å². The summed E-state index contributed by atoms with van der Waals surface area (Å²) in [5.74, 6) is -0.506. The Morgan fingerprint density at radius 1 is 1.11 bits per heavy atom. The first kappa shape index (κ1) is 22.9. The Balaban J connectivity index is 2.44. The van der Waals surface area contributed by atoms with Gasteiger partial charge in [-0.2, -0.15) is 0 Å². The number of benzene rings is 1. The Hall–Kier alpha value is -2.16. The van der Waals surface area contributed by atoms with Crippen LogP contribution in [0.5, 0.6) is 0 Å². The molecule has 1 rings (SSSR count). The average Bonchev–Trinajstić information content (AvgIpc) is 2.65. The Kier molecular flexibility index (Phi) is 11.1. The topological polar surface area (TPSA) is 106 Å². The summed E-state index contributed by atoms with van der Waals surface area (Å²) in [5, 5.41) is 14.9. The van der Waals surface area contributed by atoms with E-state index in [0.717, 1.165) is 5.56 Å². The summed E-state index contributed by atoms with van der Waals surface area (Å²) in [4.78, 5) is 24.2.